The molecule has 4 heteroatoms. The second-order valence-corrected chi connectivity index (χ2v) is 5.11. The summed E-state index contributed by atoms with van der Waals surface area (Å²) in [5.41, 5.74) is 1.27. The van der Waals surface area contributed by atoms with E-state index in [9.17, 15) is 9.90 Å². The standard InChI is InChI=1S/C13H18BrNO2/c1-9-3-4-11(12(16)7-9)13(17)15-8-10(2)5-6-14/h3-4,7,10,16H,5-6,8H2,1-2H3,(H,15,17). The van der Waals surface area contributed by atoms with Gasteiger partial charge >= 0.3 is 0 Å². The number of carbonyl (C=O) groups is 1. The lowest BCUT2D eigenvalue weighted by atomic mass is 10.1. The maximum Gasteiger partial charge on any atom is 0.255 e. The monoisotopic (exact) mass is 299 g/mol. The number of rotatable bonds is 5. The van der Waals surface area contributed by atoms with Crippen molar-refractivity contribution >= 4 is 21.8 Å². The van der Waals surface area contributed by atoms with Crippen LogP contribution in [0, 0.1) is 12.8 Å². The number of aromatic hydroxyl groups is 1. The number of phenolic OH excluding ortho intramolecular Hbond substituents is 1. The van der Waals surface area contributed by atoms with E-state index >= 15 is 0 Å². The van der Waals surface area contributed by atoms with Gasteiger partial charge in [-0.3, -0.25) is 4.79 Å². The molecular formula is C13H18BrNO2. The number of phenols is 1. The van der Waals surface area contributed by atoms with Gasteiger partial charge in [0.2, 0.25) is 0 Å². The molecule has 1 amide bonds. The fourth-order valence-electron chi connectivity index (χ4n) is 1.48. The highest BCUT2D eigenvalue weighted by Gasteiger charge is 2.11. The van der Waals surface area contributed by atoms with E-state index in [1.807, 2.05) is 13.0 Å². The number of alkyl halides is 1. The third kappa shape index (κ3) is 4.38. The van der Waals surface area contributed by atoms with Gasteiger partial charge in [0.15, 0.2) is 0 Å². The average Bonchev–Trinajstić information content (AvgIpc) is 2.26. The zero-order valence-electron chi connectivity index (χ0n) is 10.2. The Bertz CT molecular complexity index is 393. The lowest BCUT2D eigenvalue weighted by molar-refractivity contribution is 0.0945. The van der Waals surface area contributed by atoms with Crippen LogP contribution in [-0.4, -0.2) is 22.9 Å². The van der Waals surface area contributed by atoms with Gasteiger partial charge in [-0.05, 0) is 37.0 Å². The van der Waals surface area contributed by atoms with Crippen molar-refractivity contribution in [1.82, 2.24) is 5.32 Å². The molecule has 3 nitrogen and oxygen atoms in total. The molecule has 1 unspecified atom stereocenters. The van der Waals surface area contributed by atoms with Crippen LogP contribution in [0.15, 0.2) is 18.2 Å². The summed E-state index contributed by atoms with van der Waals surface area (Å²) < 4.78 is 0. The molecule has 17 heavy (non-hydrogen) atoms. The van der Waals surface area contributed by atoms with E-state index in [1.165, 1.54) is 0 Å². The quantitative estimate of drug-likeness (QED) is 0.822. The van der Waals surface area contributed by atoms with E-state index in [0.29, 0.717) is 18.0 Å². The van der Waals surface area contributed by atoms with Crippen LogP contribution in [0.1, 0.15) is 29.3 Å². The SMILES string of the molecule is Cc1ccc(C(=O)NCC(C)CCBr)c(O)c1. The van der Waals surface area contributed by atoms with Gasteiger partial charge in [0.05, 0.1) is 5.56 Å². The van der Waals surface area contributed by atoms with Crippen LogP contribution < -0.4 is 5.32 Å². The molecule has 1 aromatic rings. The third-order valence-corrected chi connectivity index (χ3v) is 3.07. The molecule has 1 aromatic carbocycles. The summed E-state index contributed by atoms with van der Waals surface area (Å²) in [6.07, 6.45) is 1.01. The molecule has 0 saturated heterocycles. The minimum absolute atomic E-state index is 0.0376. The normalized spacial score (nSPS) is 12.2. The molecule has 94 valence electrons. The number of aryl methyl sites for hydroxylation is 1. The van der Waals surface area contributed by atoms with Crippen molar-refractivity contribution in [3.8, 4) is 5.75 Å². The van der Waals surface area contributed by atoms with Crippen molar-refractivity contribution in [3.63, 3.8) is 0 Å². The molecule has 0 aromatic heterocycles. The van der Waals surface area contributed by atoms with Crippen molar-refractivity contribution in [1.29, 1.82) is 0 Å². The van der Waals surface area contributed by atoms with Gasteiger partial charge in [-0.25, -0.2) is 0 Å². The molecular weight excluding hydrogens is 282 g/mol. The third-order valence-electron chi connectivity index (χ3n) is 2.61. The molecule has 2 N–H and O–H groups in total. The number of hydrogen-bond donors (Lipinski definition) is 2. The Hall–Kier alpha value is -1.03. The fraction of sp³-hybridized carbons (Fsp3) is 0.462. The van der Waals surface area contributed by atoms with Crippen LogP contribution in [0.2, 0.25) is 0 Å². The number of nitrogens with one attached hydrogen (secondary N) is 1. The summed E-state index contributed by atoms with van der Waals surface area (Å²) in [4.78, 5) is 11.8. The Labute approximate surface area is 110 Å². The Balaban J connectivity index is 2.58. The first-order chi connectivity index (χ1) is 8.04. The molecule has 1 atom stereocenters. The fourth-order valence-corrected chi connectivity index (χ4v) is 2.27. The van der Waals surface area contributed by atoms with Gasteiger partial charge in [0.1, 0.15) is 5.75 Å². The van der Waals surface area contributed by atoms with Crippen molar-refractivity contribution < 1.29 is 9.90 Å². The summed E-state index contributed by atoms with van der Waals surface area (Å²) in [7, 11) is 0. The first-order valence-electron chi connectivity index (χ1n) is 5.68. The van der Waals surface area contributed by atoms with Crippen LogP contribution in [0.25, 0.3) is 0 Å². The number of hydrogen-bond acceptors (Lipinski definition) is 2. The topological polar surface area (TPSA) is 49.3 Å². The highest BCUT2D eigenvalue weighted by Crippen LogP contribution is 2.18. The molecule has 0 aliphatic carbocycles. The van der Waals surface area contributed by atoms with Gasteiger partial charge in [-0.2, -0.15) is 0 Å². The van der Waals surface area contributed by atoms with Crippen LogP contribution >= 0.6 is 15.9 Å². The number of amides is 1. The molecule has 0 radical (unpaired) electrons. The van der Waals surface area contributed by atoms with Crippen molar-refractivity contribution in [2.45, 2.75) is 20.3 Å². The second-order valence-electron chi connectivity index (χ2n) is 4.31. The van der Waals surface area contributed by atoms with E-state index in [2.05, 4.69) is 28.2 Å². The maximum absolute atomic E-state index is 11.8. The summed E-state index contributed by atoms with van der Waals surface area (Å²) in [5.74, 6) is 0.241. The lowest BCUT2D eigenvalue weighted by Crippen LogP contribution is -2.28. The van der Waals surface area contributed by atoms with Crippen molar-refractivity contribution in [2.24, 2.45) is 5.92 Å². The zero-order chi connectivity index (χ0) is 12.8. The number of halogens is 1. The molecule has 0 heterocycles. The first kappa shape index (κ1) is 14.0. The van der Waals surface area contributed by atoms with Gasteiger partial charge in [-0.15, -0.1) is 0 Å². The molecule has 0 bridgehead atoms. The summed E-state index contributed by atoms with van der Waals surface area (Å²) >= 11 is 3.37. The molecule has 0 spiro atoms. The highest BCUT2D eigenvalue weighted by molar-refractivity contribution is 9.09. The molecule has 0 aliphatic heterocycles. The molecule has 0 fully saturated rings. The van der Waals surface area contributed by atoms with E-state index in [0.717, 1.165) is 17.3 Å². The summed E-state index contributed by atoms with van der Waals surface area (Å²) in [6.45, 7) is 4.58. The largest absolute Gasteiger partial charge is 0.507 e. The van der Waals surface area contributed by atoms with Crippen molar-refractivity contribution in [2.75, 3.05) is 11.9 Å². The van der Waals surface area contributed by atoms with E-state index < -0.39 is 0 Å². The minimum Gasteiger partial charge on any atom is -0.507 e. The smallest absolute Gasteiger partial charge is 0.255 e. The van der Waals surface area contributed by atoms with Gasteiger partial charge < -0.3 is 10.4 Å². The van der Waals surface area contributed by atoms with Crippen LogP contribution in [-0.2, 0) is 0 Å². The first-order valence-corrected chi connectivity index (χ1v) is 6.80. The molecule has 1 rings (SSSR count). The van der Waals surface area contributed by atoms with E-state index in [4.69, 9.17) is 0 Å². The maximum atomic E-state index is 11.8. The van der Waals surface area contributed by atoms with Gasteiger partial charge in [-0.1, -0.05) is 28.9 Å². The van der Waals surface area contributed by atoms with Crippen molar-refractivity contribution in [3.05, 3.63) is 29.3 Å². The van der Waals surface area contributed by atoms with Gasteiger partial charge in [0, 0.05) is 11.9 Å². The second kappa shape index (κ2) is 6.64. The lowest BCUT2D eigenvalue weighted by Gasteiger charge is -2.11. The van der Waals surface area contributed by atoms with Crippen LogP contribution in [0.3, 0.4) is 0 Å². The Kier molecular flexibility index (Phi) is 5.48. The predicted octanol–water partition coefficient (Wildman–Crippen LogP) is 2.85. The highest BCUT2D eigenvalue weighted by atomic mass is 79.9. The molecule has 0 aliphatic rings. The Morgan fingerprint density at radius 2 is 2.24 bits per heavy atom. The van der Waals surface area contributed by atoms with E-state index in [-0.39, 0.29) is 11.7 Å². The average molecular weight is 300 g/mol. The Morgan fingerprint density at radius 1 is 1.53 bits per heavy atom. The molecule has 0 saturated carbocycles. The zero-order valence-corrected chi connectivity index (χ0v) is 11.8. The predicted molar refractivity (Wildman–Crippen MR) is 72.8 cm³/mol. The Morgan fingerprint density at radius 3 is 2.82 bits per heavy atom. The van der Waals surface area contributed by atoms with Crippen LogP contribution in [0.5, 0.6) is 5.75 Å². The van der Waals surface area contributed by atoms with Gasteiger partial charge in [0.25, 0.3) is 5.91 Å². The number of carbonyl (C=O) groups excluding carboxylic acids is 1. The summed E-state index contributed by atoms with van der Waals surface area (Å²) in [6, 6.07) is 5.06. The summed E-state index contributed by atoms with van der Waals surface area (Å²) in [5, 5.41) is 13.4. The van der Waals surface area contributed by atoms with Crippen LogP contribution in [0.4, 0.5) is 0 Å². The number of benzene rings is 1. The minimum atomic E-state index is -0.219. The van der Waals surface area contributed by atoms with E-state index in [1.54, 1.807) is 12.1 Å².